The molecule has 0 saturated carbocycles. The lowest BCUT2D eigenvalue weighted by Gasteiger charge is -2.25. The summed E-state index contributed by atoms with van der Waals surface area (Å²) in [6, 6.07) is 1.94. The summed E-state index contributed by atoms with van der Waals surface area (Å²) in [7, 11) is -3.29. The van der Waals surface area contributed by atoms with E-state index in [0.29, 0.717) is 11.5 Å². The maximum Gasteiger partial charge on any atom is 0.209 e. The van der Waals surface area contributed by atoms with Crippen LogP contribution in [0.4, 0.5) is 5.00 Å². The first-order valence-corrected chi connectivity index (χ1v) is 7.97. The highest BCUT2D eigenvalue weighted by Crippen LogP contribution is 2.27. The second-order valence-corrected chi connectivity index (χ2v) is 7.28. The smallest absolute Gasteiger partial charge is 0.209 e. The van der Waals surface area contributed by atoms with Crippen molar-refractivity contribution in [2.24, 2.45) is 0 Å². The first-order valence-electron chi connectivity index (χ1n) is 4.93. The van der Waals surface area contributed by atoms with Gasteiger partial charge in [0.05, 0.1) is 6.26 Å². The summed E-state index contributed by atoms with van der Waals surface area (Å²) in [6.45, 7) is 3.78. The van der Waals surface area contributed by atoms with Gasteiger partial charge >= 0.3 is 0 Å². The Morgan fingerprint density at radius 3 is 2.67 bits per heavy atom. The SMILES string of the molecule is CC(C)(CNc1snc(Cl)c1C#N)NS(C)(=O)=O. The molecular formula is C9H13ClN4O2S2. The van der Waals surface area contributed by atoms with Gasteiger partial charge in [0.15, 0.2) is 5.15 Å². The number of nitrogens with one attached hydrogen (secondary N) is 2. The molecule has 0 aliphatic rings. The molecule has 0 amide bonds. The highest BCUT2D eigenvalue weighted by molar-refractivity contribution is 7.88. The van der Waals surface area contributed by atoms with E-state index >= 15 is 0 Å². The largest absolute Gasteiger partial charge is 0.373 e. The van der Waals surface area contributed by atoms with E-state index in [1.165, 1.54) is 0 Å². The normalized spacial score (nSPS) is 12.2. The van der Waals surface area contributed by atoms with E-state index in [9.17, 15) is 8.42 Å². The second kappa shape index (κ2) is 5.40. The Morgan fingerprint density at radius 1 is 1.56 bits per heavy atom. The van der Waals surface area contributed by atoms with Crippen LogP contribution in [0.3, 0.4) is 0 Å². The summed E-state index contributed by atoms with van der Waals surface area (Å²) in [5.74, 6) is 0. The first kappa shape index (κ1) is 15.2. The Hall–Kier alpha value is -0.880. The Morgan fingerprint density at radius 2 is 2.17 bits per heavy atom. The van der Waals surface area contributed by atoms with Crippen molar-refractivity contribution in [2.75, 3.05) is 18.1 Å². The first-order chi connectivity index (χ1) is 8.14. The van der Waals surface area contributed by atoms with E-state index in [4.69, 9.17) is 16.9 Å². The number of nitrogens with zero attached hydrogens (tertiary/aromatic N) is 2. The van der Waals surface area contributed by atoms with E-state index in [-0.39, 0.29) is 10.7 Å². The van der Waals surface area contributed by atoms with E-state index < -0.39 is 15.6 Å². The monoisotopic (exact) mass is 308 g/mol. The number of aromatic nitrogens is 1. The van der Waals surface area contributed by atoms with Gasteiger partial charge in [0, 0.05) is 12.1 Å². The van der Waals surface area contributed by atoms with Crippen molar-refractivity contribution >= 4 is 38.2 Å². The molecule has 6 nitrogen and oxygen atoms in total. The summed E-state index contributed by atoms with van der Waals surface area (Å²) in [5.41, 5.74) is -0.409. The quantitative estimate of drug-likeness (QED) is 0.857. The average Bonchev–Trinajstić information content (AvgIpc) is 2.52. The molecule has 9 heteroatoms. The zero-order valence-electron chi connectivity index (χ0n) is 10.1. The molecule has 1 aromatic rings. The number of sulfonamides is 1. The van der Waals surface area contributed by atoms with Gasteiger partial charge in [-0.3, -0.25) is 0 Å². The maximum absolute atomic E-state index is 11.2. The molecule has 1 aromatic heterocycles. The van der Waals surface area contributed by atoms with E-state index in [2.05, 4.69) is 14.4 Å². The van der Waals surface area contributed by atoms with Gasteiger partial charge in [0.25, 0.3) is 0 Å². The van der Waals surface area contributed by atoms with Crippen LogP contribution >= 0.6 is 23.1 Å². The van der Waals surface area contributed by atoms with Gasteiger partial charge in [0.1, 0.15) is 16.6 Å². The number of hydrogen-bond donors (Lipinski definition) is 2. The summed E-state index contributed by atoms with van der Waals surface area (Å²) in [4.78, 5) is 0. The molecular weight excluding hydrogens is 296 g/mol. The summed E-state index contributed by atoms with van der Waals surface area (Å²) < 4.78 is 28.7. The van der Waals surface area contributed by atoms with Crippen LogP contribution in [0.1, 0.15) is 19.4 Å². The average molecular weight is 309 g/mol. The molecule has 1 rings (SSSR count). The fourth-order valence-electron chi connectivity index (χ4n) is 1.33. The molecule has 100 valence electrons. The van der Waals surface area contributed by atoms with Crippen molar-refractivity contribution < 1.29 is 8.42 Å². The molecule has 0 atom stereocenters. The van der Waals surface area contributed by atoms with Crippen LogP contribution in [-0.2, 0) is 10.0 Å². The molecule has 0 bridgehead atoms. The molecule has 1 heterocycles. The molecule has 0 saturated heterocycles. The topological polar surface area (TPSA) is 94.9 Å². The lowest BCUT2D eigenvalue weighted by molar-refractivity contribution is 0.476. The number of rotatable bonds is 5. The van der Waals surface area contributed by atoms with Crippen molar-refractivity contribution in [3.8, 4) is 6.07 Å². The van der Waals surface area contributed by atoms with E-state index in [0.717, 1.165) is 17.8 Å². The van der Waals surface area contributed by atoms with Gasteiger partial charge in [-0.2, -0.15) is 9.64 Å². The van der Waals surface area contributed by atoms with Gasteiger partial charge in [-0.1, -0.05) is 11.6 Å². The van der Waals surface area contributed by atoms with Crippen LogP contribution in [0.25, 0.3) is 0 Å². The van der Waals surface area contributed by atoms with Crippen molar-refractivity contribution in [2.45, 2.75) is 19.4 Å². The third-order valence-corrected chi connectivity index (χ3v) is 4.02. The molecule has 0 radical (unpaired) electrons. The van der Waals surface area contributed by atoms with Gasteiger partial charge in [-0.15, -0.1) is 0 Å². The van der Waals surface area contributed by atoms with Crippen LogP contribution in [0, 0.1) is 11.3 Å². The van der Waals surface area contributed by atoms with Crippen molar-refractivity contribution in [1.82, 2.24) is 9.10 Å². The van der Waals surface area contributed by atoms with E-state index in [1.807, 2.05) is 6.07 Å². The lowest BCUT2D eigenvalue weighted by atomic mass is 10.1. The minimum absolute atomic E-state index is 0.152. The Labute approximate surface area is 115 Å². The van der Waals surface area contributed by atoms with Crippen molar-refractivity contribution in [1.29, 1.82) is 5.26 Å². The molecule has 0 aliphatic carbocycles. The fraction of sp³-hybridized carbons (Fsp3) is 0.556. The number of hydrogen-bond acceptors (Lipinski definition) is 6. The van der Waals surface area contributed by atoms with Gasteiger partial charge in [0.2, 0.25) is 10.0 Å². The minimum Gasteiger partial charge on any atom is -0.373 e. The van der Waals surface area contributed by atoms with E-state index in [1.54, 1.807) is 13.8 Å². The molecule has 0 aromatic carbocycles. The van der Waals surface area contributed by atoms with Crippen LogP contribution in [0.15, 0.2) is 0 Å². The van der Waals surface area contributed by atoms with Gasteiger partial charge in [-0.05, 0) is 25.4 Å². The fourth-order valence-corrected chi connectivity index (χ4v) is 3.33. The molecule has 0 fully saturated rings. The second-order valence-electron chi connectivity index (χ2n) is 4.40. The van der Waals surface area contributed by atoms with Gasteiger partial charge < -0.3 is 5.32 Å². The van der Waals surface area contributed by atoms with Crippen LogP contribution in [0.2, 0.25) is 5.15 Å². The Balaban J connectivity index is 2.74. The number of halogens is 1. The third kappa shape index (κ3) is 4.42. The zero-order chi connectivity index (χ0) is 14.0. The maximum atomic E-state index is 11.2. The summed E-state index contributed by atoms with van der Waals surface area (Å²) >= 11 is 6.79. The lowest BCUT2D eigenvalue weighted by Crippen LogP contribution is -2.47. The van der Waals surface area contributed by atoms with Gasteiger partial charge in [-0.25, -0.2) is 13.1 Å². The predicted octanol–water partition coefficient (Wildman–Crippen LogP) is 1.41. The zero-order valence-corrected chi connectivity index (χ0v) is 12.5. The molecule has 0 aliphatic heterocycles. The standard InChI is InChI=1S/C9H13ClN4O2S2/c1-9(2,14-18(3,15)16)5-12-8-6(4-11)7(10)13-17-8/h12,14H,5H2,1-3H3. The van der Waals surface area contributed by atoms with Crippen molar-refractivity contribution in [3.63, 3.8) is 0 Å². The molecule has 18 heavy (non-hydrogen) atoms. The number of nitriles is 1. The highest BCUT2D eigenvalue weighted by Gasteiger charge is 2.23. The predicted molar refractivity (Wildman–Crippen MR) is 72.4 cm³/mol. The third-order valence-electron chi connectivity index (χ3n) is 1.91. The minimum atomic E-state index is -3.29. The molecule has 0 spiro atoms. The van der Waals surface area contributed by atoms with Crippen LogP contribution in [0.5, 0.6) is 0 Å². The summed E-state index contributed by atoms with van der Waals surface area (Å²) in [5, 5.41) is 12.5. The molecule has 2 N–H and O–H groups in total. The Bertz CT molecular complexity index is 574. The number of anilines is 1. The highest BCUT2D eigenvalue weighted by atomic mass is 35.5. The Kier molecular flexibility index (Phi) is 4.55. The molecule has 0 unspecified atom stereocenters. The summed E-state index contributed by atoms with van der Waals surface area (Å²) in [6.07, 6.45) is 1.10. The van der Waals surface area contributed by atoms with Crippen LogP contribution < -0.4 is 10.0 Å². The van der Waals surface area contributed by atoms with Crippen LogP contribution in [-0.4, -0.2) is 31.1 Å². The van der Waals surface area contributed by atoms with Crippen molar-refractivity contribution in [3.05, 3.63) is 10.7 Å².